The zero-order valence-corrected chi connectivity index (χ0v) is 37.3. The lowest BCUT2D eigenvalue weighted by Crippen LogP contribution is -2.39. The SMILES string of the molecule is CCCCCC=CCC=CCCCCCCCCOCC(COCCCCCCCCC=CCC=CCCCCC)N(C)Cc1cccc(CN2CCCC2)c1. The van der Waals surface area contributed by atoms with Gasteiger partial charge in [0.2, 0.25) is 0 Å². The van der Waals surface area contributed by atoms with Crippen molar-refractivity contribution in [1.82, 2.24) is 9.80 Å². The minimum absolute atomic E-state index is 0.270. The van der Waals surface area contributed by atoms with Gasteiger partial charge in [-0.25, -0.2) is 0 Å². The molecule has 320 valence electrons. The molecule has 0 unspecified atom stereocenters. The van der Waals surface area contributed by atoms with E-state index in [0.717, 1.165) is 65.2 Å². The summed E-state index contributed by atoms with van der Waals surface area (Å²) in [6, 6.07) is 9.52. The predicted octanol–water partition coefficient (Wildman–Crippen LogP) is 14.7. The lowest BCUT2D eigenvalue weighted by molar-refractivity contribution is 0.00930. The van der Waals surface area contributed by atoms with E-state index in [9.17, 15) is 0 Å². The molecule has 0 atom stereocenters. The summed E-state index contributed by atoms with van der Waals surface area (Å²) in [6.45, 7) is 12.2. The Morgan fingerprint density at radius 1 is 0.554 bits per heavy atom. The molecule has 1 saturated heterocycles. The second kappa shape index (κ2) is 38.5. The summed E-state index contributed by atoms with van der Waals surface area (Å²) in [4.78, 5) is 5.06. The van der Waals surface area contributed by atoms with Crippen LogP contribution in [0.1, 0.15) is 192 Å². The normalized spacial score (nSPS) is 14.6. The molecule has 56 heavy (non-hydrogen) atoms. The summed E-state index contributed by atoms with van der Waals surface area (Å²) in [5.41, 5.74) is 2.83. The zero-order valence-electron chi connectivity index (χ0n) is 37.3. The van der Waals surface area contributed by atoms with Gasteiger partial charge in [0.15, 0.2) is 0 Å². The third-order valence-corrected chi connectivity index (χ3v) is 11.3. The number of ether oxygens (including phenoxy) is 2. The smallest absolute Gasteiger partial charge is 0.0644 e. The standard InChI is InChI=1S/C52H90N2O2/c1-4-6-8-10-12-14-16-18-20-22-24-26-28-30-32-36-43-55-48-52(53(3)46-50-39-38-40-51(45-50)47-54-41-34-35-42-54)49-56-44-37-33-31-29-27-25-23-21-19-17-15-13-11-9-7-5-2/h12-15,18-21,38-40,45,52H,4-11,16-17,22-37,41-44,46-49H2,1-3H3. The van der Waals surface area contributed by atoms with Crippen molar-refractivity contribution in [3.8, 4) is 0 Å². The Morgan fingerprint density at radius 2 is 0.982 bits per heavy atom. The number of hydrogen-bond acceptors (Lipinski definition) is 4. The van der Waals surface area contributed by atoms with E-state index in [0.29, 0.717) is 0 Å². The Bertz CT molecular complexity index is 1050. The fourth-order valence-corrected chi connectivity index (χ4v) is 7.57. The van der Waals surface area contributed by atoms with Crippen LogP contribution < -0.4 is 0 Å². The Balaban J connectivity index is 1.60. The molecule has 4 heteroatoms. The van der Waals surface area contributed by atoms with E-state index >= 15 is 0 Å². The average molecular weight is 775 g/mol. The predicted molar refractivity (Wildman–Crippen MR) is 247 cm³/mol. The van der Waals surface area contributed by atoms with Gasteiger partial charge in [0, 0.05) is 26.3 Å². The third kappa shape index (κ3) is 30.1. The van der Waals surface area contributed by atoms with Gasteiger partial charge in [-0.05, 0) is 121 Å². The number of likely N-dealkylation sites (tertiary alicyclic amines) is 1. The van der Waals surface area contributed by atoms with Gasteiger partial charge in [-0.3, -0.25) is 9.80 Å². The maximum atomic E-state index is 6.32. The molecule has 1 aromatic carbocycles. The van der Waals surface area contributed by atoms with Gasteiger partial charge in [-0.15, -0.1) is 0 Å². The van der Waals surface area contributed by atoms with Gasteiger partial charge in [-0.1, -0.05) is 164 Å². The highest BCUT2D eigenvalue weighted by atomic mass is 16.5. The van der Waals surface area contributed by atoms with E-state index in [-0.39, 0.29) is 6.04 Å². The molecular formula is C52H90N2O2. The molecule has 4 nitrogen and oxygen atoms in total. The summed E-state index contributed by atoms with van der Waals surface area (Å²) < 4.78 is 12.6. The highest BCUT2D eigenvalue weighted by Gasteiger charge is 2.17. The molecule has 2 rings (SSSR count). The van der Waals surface area contributed by atoms with Crippen LogP contribution >= 0.6 is 0 Å². The summed E-state index contributed by atoms with van der Waals surface area (Å²) in [5.74, 6) is 0. The van der Waals surface area contributed by atoms with Crippen molar-refractivity contribution >= 4 is 0 Å². The molecule has 1 aromatic rings. The van der Waals surface area contributed by atoms with Crippen LogP contribution in [0.2, 0.25) is 0 Å². The molecule has 0 saturated carbocycles. The number of rotatable bonds is 39. The van der Waals surface area contributed by atoms with Crippen LogP contribution in [0.25, 0.3) is 0 Å². The number of likely N-dealkylation sites (N-methyl/N-ethyl adjacent to an activating group) is 1. The quantitative estimate of drug-likeness (QED) is 0.0491. The van der Waals surface area contributed by atoms with Gasteiger partial charge >= 0.3 is 0 Å². The Morgan fingerprint density at radius 3 is 1.46 bits per heavy atom. The van der Waals surface area contributed by atoms with E-state index in [2.05, 4.69) is 104 Å². The second-order valence-corrected chi connectivity index (χ2v) is 16.7. The molecule has 0 spiro atoms. The summed E-state index contributed by atoms with van der Waals surface area (Å²) in [7, 11) is 2.26. The van der Waals surface area contributed by atoms with Gasteiger partial charge in [0.1, 0.15) is 0 Å². The molecule has 1 aliphatic heterocycles. The van der Waals surface area contributed by atoms with Crippen molar-refractivity contribution in [2.24, 2.45) is 0 Å². The Labute approximate surface area is 348 Å². The van der Waals surface area contributed by atoms with Gasteiger partial charge in [-0.2, -0.15) is 0 Å². The third-order valence-electron chi connectivity index (χ3n) is 11.3. The maximum absolute atomic E-state index is 6.32. The van der Waals surface area contributed by atoms with Gasteiger partial charge in [0.25, 0.3) is 0 Å². The van der Waals surface area contributed by atoms with E-state index in [4.69, 9.17) is 9.47 Å². The van der Waals surface area contributed by atoms with Crippen molar-refractivity contribution in [3.63, 3.8) is 0 Å². The average Bonchev–Trinajstić information content (AvgIpc) is 3.72. The Kier molecular flexibility index (Phi) is 34.5. The van der Waals surface area contributed by atoms with E-state index in [1.54, 1.807) is 0 Å². The maximum Gasteiger partial charge on any atom is 0.0644 e. The Hall–Kier alpha value is -1.98. The van der Waals surface area contributed by atoms with Crippen LogP contribution in [0, 0.1) is 0 Å². The summed E-state index contributed by atoms with van der Waals surface area (Å²) in [5, 5.41) is 0. The fourth-order valence-electron chi connectivity index (χ4n) is 7.57. The second-order valence-electron chi connectivity index (χ2n) is 16.7. The van der Waals surface area contributed by atoms with E-state index in [1.165, 1.54) is 165 Å². The van der Waals surface area contributed by atoms with E-state index in [1.807, 2.05) is 0 Å². The van der Waals surface area contributed by atoms with Crippen LogP contribution in [0.15, 0.2) is 72.9 Å². The van der Waals surface area contributed by atoms with Crippen LogP contribution in [0.3, 0.4) is 0 Å². The van der Waals surface area contributed by atoms with Crippen LogP contribution in [-0.2, 0) is 22.6 Å². The van der Waals surface area contributed by atoms with Crippen LogP contribution in [0.5, 0.6) is 0 Å². The lowest BCUT2D eigenvalue weighted by atomic mass is 10.1. The van der Waals surface area contributed by atoms with Crippen molar-refractivity contribution in [1.29, 1.82) is 0 Å². The lowest BCUT2D eigenvalue weighted by Gasteiger charge is -2.28. The molecule has 1 aliphatic rings. The number of allylic oxidation sites excluding steroid dienone is 8. The highest BCUT2D eigenvalue weighted by Crippen LogP contribution is 2.16. The molecule has 0 radical (unpaired) electrons. The molecule has 0 aliphatic carbocycles. The first-order valence-electron chi connectivity index (χ1n) is 24.0. The van der Waals surface area contributed by atoms with Crippen molar-refractivity contribution in [2.45, 2.75) is 200 Å². The number of unbranched alkanes of at least 4 members (excludes halogenated alkanes) is 18. The molecule has 1 fully saturated rings. The number of nitrogens with zero attached hydrogens (tertiary/aromatic N) is 2. The van der Waals surface area contributed by atoms with E-state index < -0.39 is 0 Å². The topological polar surface area (TPSA) is 24.9 Å². The number of benzene rings is 1. The van der Waals surface area contributed by atoms with Crippen LogP contribution in [0.4, 0.5) is 0 Å². The largest absolute Gasteiger partial charge is 0.380 e. The molecule has 0 aromatic heterocycles. The molecule has 0 N–H and O–H groups in total. The fraction of sp³-hybridized carbons (Fsp3) is 0.731. The number of hydrogen-bond donors (Lipinski definition) is 0. The molecular weight excluding hydrogens is 685 g/mol. The molecule has 0 bridgehead atoms. The summed E-state index contributed by atoms with van der Waals surface area (Å²) in [6.07, 6.45) is 52.1. The molecule has 0 amide bonds. The monoisotopic (exact) mass is 775 g/mol. The van der Waals surface area contributed by atoms with Crippen molar-refractivity contribution in [2.75, 3.05) is 46.6 Å². The minimum atomic E-state index is 0.270. The summed E-state index contributed by atoms with van der Waals surface area (Å²) >= 11 is 0. The molecule has 1 heterocycles. The first kappa shape index (κ1) is 50.2. The first-order valence-corrected chi connectivity index (χ1v) is 24.0. The van der Waals surface area contributed by atoms with Gasteiger partial charge in [0.05, 0.1) is 19.3 Å². The first-order chi connectivity index (χ1) is 27.7. The highest BCUT2D eigenvalue weighted by molar-refractivity contribution is 5.23. The van der Waals surface area contributed by atoms with Crippen LogP contribution in [-0.4, -0.2) is 62.4 Å². The van der Waals surface area contributed by atoms with Crippen molar-refractivity contribution in [3.05, 3.63) is 84.0 Å². The zero-order chi connectivity index (χ0) is 39.8. The van der Waals surface area contributed by atoms with Gasteiger partial charge < -0.3 is 9.47 Å². The van der Waals surface area contributed by atoms with Crippen molar-refractivity contribution < 1.29 is 9.47 Å². The minimum Gasteiger partial charge on any atom is -0.380 e.